The quantitative estimate of drug-likeness (QED) is 0.275. The Morgan fingerprint density at radius 3 is 2.26 bits per heavy atom. The smallest absolute Gasteiger partial charge is 0.316 e. The molecule has 2 aliphatic heterocycles. The number of carbonyl (C=O) groups excluding carboxylic acids is 4. The fraction of sp³-hybridized carbons (Fsp3) is 0.333. The molecule has 8 heteroatoms. The van der Waals surface area contributed by atoms with Crippen molar-refractivity contribution in [2.24, 2.45) is 17.8 Å². The third-order valence-corrected chi connectivity index (χ3v) is 6.72. The molecule has 2 heterocycles. The van der Waals surface area contributed by atoms with Crippen molar-refractivity contribution in [1.29, 1.82) is 0 Å². The van der Waals surface area contributed by atoms with Crippen LogP contribution in [0.1, 0.15) is 26.2 Å². The van der Waals surface area contributed by atoms with Crippen LogP contribution < -0.4 is 19.3 Å². The van der Waals surface area contributed by atoms with Crippen molar-refractivity contribution in [3.63, 3.8) is 0 Å². The van der Waals surface area contributed by atoms with Crippen molar-refractivity contribution >= 4 is 35.1 Å². The molecule has 0 radical (unpaired) electrons. The summed E-state index contributed by atoms with van der Waals surface area (Å²) in [4.78, 5) is 53.9. The molecule has 2 saturated heterocycles. The number of hydrogen-bond acceptors (Lipinski definition) is 6. The van der Waals surface area contributed by atoms with E-state index in [0.717, 1.165) is 0 Å². The Kier molecular flexibility index (Phi) is 6.11. The van der Waals surface area contributed by atoms with Crippen LogP contribution in [-0.4, -0.2) is 36.8 Å². The zero-order chi connectivity index (χ0) is 24.5. The summed E-state index contributed by atoms with van der Waals surface area (Å²) in [7, 11) is 0. The SMILES string of the molecule is CCOc1ccc(N2C[C@@H](C(=O)Oc3cccc(N4C(=O)[C@H]5CC=CC[C@@H]5C4=O)c3)CC2=O)cc1. The lowest BCUT2D eigenvalue weighted by Gasteiger charge is -2.18. The van der Waals surface area contributed by atoms with E-state index < -0.39 is 11.9 Å². The highest BCUT2D eigenvalue weighted by atomic mass is 16.5. The van der Waals surface area contributed by atoms with Crippen molar-refractivity contribution in [3.8, 4) is 11.5 Å². The van der Waals surface area contributed by atoms with Gasteiger partial charge in [0.25, 0.3) is 0 Å². The number of hydrogen-bond donors (Lipinski definition) is 0. The van der Waals surface area contributed by atoms with Crippen LogP contribution in [0.4, 0.5) is 11.4 Å². The Bertz CT molecular complexity index is 1180. The molecule has 35 heavy (non-hydrogen) atoms. The minimum absolute atomic E-state index is 0.0468. The largest absolute Gasteiger partial charge is 0.494 e. The van der Waals surface area contributed by atoms with Gasteiger partial charge in [0.15, 0.2) is 0 Å². The summed E-state index contributed by atoms with van der Waals surface area (Å²) in [6.45, 7) is 2.66. The number of carbonyl (C=O) groups is 4. The van der Waals surface area contributed by atoms with Gasteiger partial charge in [0.05, 0.1) is 30.0 Å². The van der Waals surface area contributed by atoms with Crippen molar-refractivity contribution in [2.75, 3.05) is 23.0 Å². The lowest BCUT2D eigenvalue weighted by atomic mass is 9.85. The summed E-state index contributed by atoms with van der Waals surface area (Å²) < 4.78 is 11.0. The fourth-order valence-electron chi connectivity index (χ4n) is 4.94. The van der Waals surface area contributed by atoms with Crippen LogP contribution >= 0.6 is 0 Å². The monoisotopic (exact) mass is 474 g/mol. The predicted molar refractivity (Wildman–Crippen MR) is 128 cm³/mol. The topological polar surface area (TPSA) is 93.2 Å². The summed E-state index contributed by atoms with van der Waals surface area (Å²) >= 11 is 0. The van der Waals surface area contributed by atoms with Gasteiger partial charge in [-0.05, 0) is 56.2 Å². The average molecular weight is 475 g/mol. The van der Waals surface area contributed by atoms with Gasteiger partial charge in [-0.25, -0.2) is 4.90 Å². The Labute approximate surface area is 203 Å². The van der Waals surface area contributed by atoms with E-state index in [9.17, 15) is 19.2 Å². The second-order valence-corrected chi connectivity index (χ2v) is 8.92. The van der Waals surface area contributed by atoms with E-state index in [1.165, 1.54) is 11.0 Å². The van der Waals surface area contributed by atoms with Crippen molar-refractivity contribution < 1.29 is 28.7 Å². The number of ether oxygens (including phenoxy) is 2. The van der Waals surface area contributed by atoms with Gasteiger partial charge in [-0.2, -0.15) is 0 Å². The lowest BCUT2D eigenvalue weighted by Crippen LogP contribution is -2.31. The van der Waals surface area contributed by atoms with Crippen molar-refractivity contribution in [1.82, 2.24) is 0 Å². The molecular weight excluding hydrogens is 448 g/mol. The van der Waals surface area contributed by atoms with Crippen LogP contribution in [0.25, 0.3) is 0 Å². The number of amides is 3. The van der Waals surface area contributed by atoms with Crippen LogP contribution in [-0.2, 0) is 19.2 Å². The first-order chi connectivity index (χ1) is 17.0. The molecule has 0 saturated carbocycles. The average Bonchev–Trinajstić information content (AvgIpc) is 3.37. The normalized spacial score (nSPS) is 23.6. The summed E-state index contributed by atoms with van der Waals surface area (Å²) in [5.74, 6) is -1.48. The molecule has 2 fully saturated rings. The van der Waals surface area contributed by atoms with E-state index in [0.29, 0.717) is 36.6 Å². The third-order valence-electron chi connectivity index (χ3n) is 6.72. The van der Waals surface area contributed by atoms with Gasteiger partial charge < -0.3 is 14.4 Å². The van der Waals surface area contributed by atoms with Gasteiger partial charge in [0, 0.05) is 24.7 Å². The van der Waals surface area contributed by atoms with Crippen LogP contribution in [0.15, 0.2) is 60.7 Å². The first kappa shape index (κ1) is 22.8. The highest BCUT2D eigenvalue weighted by Gasteiger charge is 2.48. The van der Waals surface area contributed by atoms with E-state index in [-0.39, 0.29) is 48.3 Å². The second-order valence-electron chi connectivity index (χ2n) is 8.92. The van der Waals surface area contributed by atoms with E-state index in [1.54, 1.807) is 47.4 Å². The summed E-state index contributed by atoms with van der Waals surface area (Å²) in [6, 6.07) is 13.6. The highest BCUT2D eigenvalue weighted by molar-refractivity contribution is 6.22. The number of benzene rings is 2. The molecule has 3 amide bonds. The molecular formula is C27H26N2O6. The molecule has 1 aliphatic carbocycles. The molecule has 8 nitrogen and oxygen atoms in total. The molecule has 0 bridgehead atoms. The van der Waals surface area contributed by atoms with Crippen molar-refractivity contribution in [2.45, 2.75) is 26.2 Å². The maximum absolute atomic E-state index is 12.9. The van der Waals surface area contributed by atoms with Gasteiger partial charge in [0.1, 0.15) is 11.5 Å². The number of esters is 1. The van der Waals surface area contributed by atoms with Crippen LogP contribution in [0.2, 0.25) is 0 Å². The maximum Gasteiger partial charge on any atom is 0.316 e. The van der Waals surface area contributed by atoms with Gasteiger partial charge in [-0.15, -0.1) is 0 Å². The molecule has 180 valence electrons. The van der Waals surface area contributed by atoms with Crippen LogP contribution in [0, 0.1) is 17.8 Å². The highest BCUT2D eigenvalue weighted by Crippen LogP contribution is 2.38. The first-order valence-electron chi connectivity index (χ1n) is 11.8. The second kappa shape index (κ2) is 9.37. The maximum atomic E-state index is 12.9. The van der Waals surface area contributed by atoms with Gasteiger partial charge in [0.2, 0.25) is 17.7 Å². The molecule has 0 spiro atoms. The van der Waals surface area contributed by atoms with E-state index >= 15 is 0 Å². The van der Waals surface area contributed by atoms with Crippen LogP contribution in [0.5, 0.6) is 11.5 Å². The Morgan fingerprint density at radius 2 is 1.60 bits per heavy atom. The molecule has 2 aromatic carbocycles. The fourth-order valence-corrected chi connectivity index (χ4v) is 4.94. The van der Waals surface area contributed by atoms with Gasteiger partial charge in [-0.3, -0.25) is 19.2 Å². The van der Waals surface area contributed by atoms with Gasteiger partial charge >= 0.3 is 5.97 Å². The number of fused-ring (bicyclic) bond motifs is 1. The van der Waals surface area contributed by atoms with E-state index in [2.05, 4.69) is 0 Å². The Balaban J connectivity index is 1.26. The number of anilines is 2. The van der Waals surface area contributed by atoms with Gasteiger partial charge in [-0.1, -0.05) is 18.2 Å². The summed E-state index contributed by atoms with van der Waals surface area (Å²) in [6.07, 6.45) is 5.04. The first-order valence-corrected chi connectivity index (χ1v) is 11.8. The number of imide groups is 1. The molecule has 3 atom stereocenters. The van der Waals surface area contributed by atoms with E-state index in [4.69, 9.17) is 9.47 Å². The zero-order valence-electron chi connectivity index (χ0n) is 19.4. The molecule has 0 unspecified atom stereocenters. The zero-order valence-corrected chi connectivity index (χ0v) is 19.4. The molecule has 2 aromatic rings. The number of rotatable bonds is 6. The van der Waals surface area contributed by atoms with Crippen LogP contribution in [0.3, 0.4) is 0 Å². The third kappa shape index (κ3) is 4.32. The number of nitrogens with zero attached hydrogens (tertiary/aromatic N) is 2. The predicted octanol–water partition coefficient (Wildman–Crippen LogP) is 3.50. The van der Waals surface area contributed by atoms with E-state index in [1.807, 2.05) is 19.1 Å². The minimum Gasteiger partial charge on any atom is -0.494 e. The molecule has 0 N–H and O–H groups in total. The standard InChI is InChI=1S/C27H26N2O6/c1-2-34-20-12-10-18(11-13-20)28-16-17(14-24(28)30)27(33)35-21-7-5-6-19(15-21)29-25(31)22-8-3-4-9-23(22)26(29)32/h3-7,10-13,15,17,22-23H,2,8-9,14,16H2,1H3/t17-,22-,23-/m0/s1. The summed E-state index contributed by atoms with van der Waals surface area (Å²) in [5.41, 5.74) is 1.08. The lowest BCUT2D eigenvalue weighted by molar-refractivity contribution is -0.139. The van der Waals surface area contributed by atoms with Crippen molar-refractivity contribution in [3.05, 3.63) is 60.7 Å². The molecule has 5 rings (SSSR count). The molecule has 3 aliphatic rings. The number of allylic oxidation sites excluding steroid dienone is 2. The Morgan fingerprint density at radius 1 is 0.914 bits per heavy atom. The minimum atomic E-state index is -0.623. The Hall–Kier alpha value is -3.94. The summed E-state index contributed by atoms with van der Waals surface area (Å²) in [5, 5.41) is 0. The molecule has 0 aromatic heterocycles.